The summed E-state index contributed by atoms with van der Waals surface area (Å²) >= 11 is 0. The van der Waals surface area contributed by atoms with Crippen molar-refractivity contribution >= 4 is 5.97 Å². The van der Waals surface area contributed by atoms with E-state index in [9.17, 15) is 4.79 Å². The molecule has 0 aromatic carbocycles. The monoisotopic (exact) mass is 134 g/mol. The van der Waals surface area contributed by atoms with Crippen molar-refractivity contribution in [2.24, 2.45) is 0 Å². The van der Waals surface area contributed by atoms with E-state index in [4.69, 9.17) is 15.3 Å². The second-order valence-corrected chi connectivity index (χ2v) is 1.76. The van der Waals surface area contributed by atoms with Crippen LogP contribution >= 0.6 is 0 Å². The maximum atomic E-state index is 9.89. The molecule has 54 valence electrons. The molecule has 0 heterocycles. The molecule has 4 heteroatoms. The van der Waals surface area contributed by atoms with Crippen LogP contribution in [0, 0.1) is 0 Å². The van der Waals surface area contributed by atoms with Crippen molar-refractivity contribution in [3.63, 3.8) is 0 Å². The predicted molar refractivity (Wildman–Crippen MR) is 29.9 cm³/mol. The highest BCUT2D eigenvalue weighted by Crippen LogP contribution is 1.96. The maximum absolute atomic E-state index is 9.89. The fourth-order valence-electron chi connectivity index (χ4n) is 0.388. The molecule has 2 atom stereocenters. The topological polar surface area (TPSA) is 77.8 Å². The molecule has 0 aliphatic rings. The van der Waals surface area contributed by atoms with Crippen molar-refractivity contribution in [3.8, 4) is 0 Å². The average molecular weight is 134 g/mol. The van der Waals surface area contributed by atoms with E-state index < -0.39 is 18.2 Å². The van der Waals surface area contributed by atoms with Gasteiger partial charge in [0, 0.05) is 0 Å². The zero-order valence-electron chi connectivity index (χ0n) is 5.11. The Bertz CT molecular complexity index is 101. The number of carbonyl (C=O) groups is 1. The molecular formula is C5H10O4. The van der Waals surface area contributed by atoms with Crippen LogP contribution < -0.4 is 0 Å². The molecule has 9 heavy (non-hydrogen) atoms. The van der Waals surface area contributed by atoms with Crippen molar-refractivity contribution in [3.05, 3.63) is 0 Å². The lowest BCUT2D eigenvalue weighted by Gasteiger charge is -2.09. The van der Waals surface area contributed by atoms with Gasteiger partial charge in [0.15, 0.2) is 6.10 Å². The smallest absolute Gasteiger partial charge is 0.335 e. The standard InChI is InChI=1S/C5H10O4/c1-2-3(6)4(7)5(8)9/h3-4,6-7H,2H2,1H3,(H,8,9)/t3?,4-/m1/s1. The second kappa shape index (κ2) is 3.42. The van der Waals surface area contributed by atoms with Gasteiger partial charge < -0.3 is 15.3 Å². The van der Waals surface area contributed by atoms with Gasteiger partial charge in [-0.2, -0.15) is 0 Å². The van der Waals surface area contributed by atoms with Crippen molar-refractivity contribution in [1.29, 1.82) is 0 Å². The van der Waals surface area contributed by atoms with E-state index in [0.29, 0.717) is 0 Å². The average Bonchev–Trinajstić information content (AvgIpc) is 1.84. The minimum Gasteiger partial charge on any atom is -0.479 e. The summed E-state index contributed by atoms with van der Waals surface area (Å²) in [6.07, 6.45) is -2.55. The Labute approximate surface area is 52.7 Å². The van der Waals surface area contributed by atoms with Gasteiger partial charge in [-0.1, -0.05) is 6.92 Å². The van der Waals surface area contributed by atoms with Crippen LogP contribution in [0.1, 0.15) is 13.3 Å². The first-order chi connectivity index (χ1) is 4.09. The summed E-state index contributed by atoms with van der Waals surface area (Å²) in [6, 6.07) is 0. The third-order valence-electron chi connectivity index (χ3n) is 1.04. The summed E-state index contributed by atoms with van der Waals surface area (Å²) in [5.41, 5.74) is 0. The molecule has 0 saturated carbocycles. The number of carboxylic acid groups (broad SMARTS) is 1. The molecule has 0 aliphatic heterocycles. The maximum Gasteiger partial charge on any atom is 0.335 e. The minimum atomic E-state index is -1.64. The van der Waals surface area contributed by atoms with Crippen LogP contribution in [0.5, 0.6) is 0 Å². The summed E-state index contributed by atoms with van der Waals surface area (Å²) in [5, 5.41) is 25.3. The van der Waals surface area contributed by atoms with Gasteiger partial charge in [0.1, 0.15) is 0 Å². The molecule has 0 bridgehead atoms. The summed E-state index contributed by atoms with van der Waals surface area (Å²) < 4.78 is 0. The number of rotatable bonds is 3. The summed E-state index contributed by atoms with van der Waals surface area (Å²) in [4.78, 5) is 9.89. The van der Waals surface area contributed by atoms with Gasteiger partial charge in [-0.25, -0.2) is 4.79 Å². The van der Waals surface area contributed by atoms with Gasteiger partial charge in [-0.3, -0.25) is 0 Å². The normalized spacial score (nSPS) is 16.8. The SMILES string of the molecule is CCC(O)[C@@H](O)C(=O)O. The van der Waals surface area contributed by atoms with E-state index in [1.54, 1.807) is 6.92 Å². The van der Waals surface area contributed by atoms with E-state index in [-0.39, 0.29) is 6.42 Å². The van der Waals surface area contributed by atoms with Crippen molar-refractivity contribution in [2.45, 2.75) is 25.6 Å². The first-order valence-electron chi connectivity index (χ1n) is 2.68. The Morgan fingerprint density at radius 1 is 1.56 bits per heavy atom. The van der Waals surface area contributed by atoms with Crippen molar-refractivity contribution in [1.82, 2.24) is 0 Å². The molecule has 0 rings (SSSR count). The quantitative estimate of drug-likeness (QED) is 0.472. The summed E-state index contributed by atoms with van der Waals surface area (Å²) in [5.74, 6) is -1.38. The van der Waals surface area contributed by atoms with Crippen LogP contribution in [-0.4, -0.2) is 33.5 Å². The Morgan fingerprint density at radius 2 is 2.00 bits per heavy atom. The molecule has 0 aromatic heterocycles. The van der Waals surface area contributed by atoms with Gasteiger partial charge in [0.05, 0.1) is 6.10 Å². The first-order valence-corrected chi connectivity index (χ1v) is 2.68. The van der Waals surface area contributed by atoms with E-state index in [1.807, 2.05) is 0 Å². The highest BCUT2D eigenvalue weighted by atomic mass is 16.4. The number of aliphatic hydroxyl groups excluding tert-OH is 2. The third-order valence-corrected chi connectivity index (χ3v) is 1.04. The Balaban J connectivity index is 3.72. The molecule has 0 spiro atoms. The van der Waals surface area contributed by atoms with E-state index in [0.717, 1.165) is 0 Å². The lowest BCUT2D eigenvalue weighted by Crippen LogP contribution is -2.32. The molecule has 0 aliphatic carbocycles. The molecule has 3 N–H and O–H groups in total. The van der Waals surface area contributed by atoms with E-state index in [1.165, 1.54) is 0 Å². The summed E-state index contributed by atoms with van der Waals surface area (Å²) in [7, 11) is 0. The van der Waals surface area contributed by atoms with Crippen LogP contribution in [0.2, 0.25) is 0 Å². The number of carboxylic acids is 1. The highest BCUT2D eigenvalue weighted by molar-refractivity contribution is 5.72. The van der Waals surface area contributed by atoms with Gasteiger partial charge in [-0.05, 0) is 6.42 Å². The Kier molecular flexibility index (Phi) is 3.19. The number of aliphatic hydroxyl groups is 2. The van der Waals surface area contributed by atoms with Gasteiger partial charge in [0.25, 0.3) is 0 Å². The molecule has 0 amide bonds. The summed E-state index contributed by atoms with van der Waals surface area (Å²) in [6.45, 7) is 1.59. The lowest BCUT2D eigenvalue weighted by atomic mass is 10.2. The first kappa shape index (κ1) is 8.39. The lowest BCUT2D eigenvalue weighted by molar-refractivity contribution is -0.152. The zero-order chi connectivity index (χ0) is 7.44. The van der Waals surface area contributed by atoms with Crippen molar-refractivity contribution in [2.75, 3.05) is 0 Å². The van der Waals surface area contributed by atoms with Gasteiger partial charge in [0.2, 0.25) is 0 Å². The zero-order valence-corrected chi connectivity index (χ0v) is 5.11. The molecule has 1 unspecified atom stereocenters. The Hall–Kier alpha value is -0.610. The largest absolute Gasteiger partial charge is 0.479 e. The second-order valence-electron chi connectivity index (χ2n) is 1.76. The molecule has 0 radical (unpaired) electrons. The van der Waals surface area contributed by atoms with Crippen LogP contribution in [0.25, 0.3) is 0 Å². The number of hydrogen-bond donors (Lipinski definition) is 3. The Morgan fingerprint density at radius 3 is 2.11 bits per heavy atom. The predicted octanol–water partition coefficient (Wildman–Crippen LogP) is -0.797. The molecule has 0 aromatic rings. The molecular weight excluding hydrogens is 124 g/mol. The van der Waals surface area contributed by atoms with Crippen LogP contribution in [0.3, 0.4) is 0 Å². The number of hydrogen-bond acceptors (Lipinski definition) is 3. The molecule has 0 fully saturated rings. The third kappa shape index (κ3) is 2.43. The fourth-order valence-corrected chi connectivity index (χ4v) is 0.388. The van der Waals surface area contributed by atoms with Crippen LogP contribution in [-0.2, 0) is 4.79 Å². The van der Waals surface area contributed by atoms with E-state index >= 15 is 0 Å². The van der Waals surface area contributed by atoms with Crippen molar-refractivity contribution < 1.29 is 20.1 Å². The highest BCUT2D eigenvalue weighted by Gasteiger charge is 2.20. The number of aliphatic carboxylic acids is 1. The van der Waals surface area contributed by atoms with Crippen LogP contribution in [0.4, 0.5) is 0 Å². The van der Waals surface area contributed by atoms with E-state index in [2.05, 4.69) is 0 Å². The van der Waals surface area contributed by atoms with Gasteiger partial charge in [-0.15, -0.1) is 0 Å². The molecule has 0 saturated heterocycles. The minimum absolute atomic E-state index is 0.244. The van der Waals surface area contributed by atoms with Crippen LogP contribution in [0.15, 0.2) is 0 Å². The van der Waals surface area contributed by atoms with Gasteiger partial charge >= 0.3 is 5.97 Å². The fraction of sp³-hybridized carbons (Fsp3) is 0.800. The molecule has 4 nitrogen and oxygen atoms in total.